The number of ether oxygens (including phenoxy) is 6. The molecule has 0 spiro atoms. The molecule has 13 heteroatoms. The number of carbonyl (C=O) groups is 5. The average molecular weight is 652 g/mol. The molecular weight excluding hydrogens is 590 g/mol. The molecule has 0 aromatic carbocycles. The molecule has 0 saturated heterocycles. The number of carbonyl (C=O) groups excluding carboxylic acids is 4. The first-order valence-corrected chi connectivity index (χ1v) is 15.1. The van der Waals surface area contributed by atoms with Gasteiger partial charge in [-0.25, -0.2) is 0 Å². The lowest BCUT2D eigenvalue weighted by Crippen LogP contribution is -2.58. The molecule has 0 radical (unpaired) electrons. The van der Waals surface area contributed by atoms with Crippen molar-refractivity contribution in [1.29, 1.82) is 0 Å². The van der Waals surface area contributed by atoms with Crippen molar-refractivity contribution in [3.05, 3.63) is 0 Å². The SMILES string of the molecule is CC(C)(C)OC(=O)CCOCC(COCCC=O)(COCCC=O)NC(=O)CCCC(=O)O.COC(C)(C)C.COC(C)(C)C. The number of aldehydes is 2. The number of hydrogen-bond donors (Lipinski definition) is 2. The highest BCUT2D eigenvalue weighted by Gasteiger charge is 2.34. The number of hydrogen-bond acceptors (Lipinski definition) is 11. The number of methoxy groups -OCH3 is 2. The topological polar surface area (TPSA) is 173 Å². The Balaban J connectivity index is -0.00000123. The lowest BCUT2D eigenvalue weighted by molar-refractivity contribution is -0.156. The van der Waals surface area contributed by atoms with Gasteiger partial charge in [0.25, 0.3) is 0 Å². The lowest BCUT2D eigenvalue weighted by Gasteiger charge is -2.34. The number of carboxylic acids is 1. The first-order valence-electron chi connectivity index (χ1n) is 15.1. The Morgan fingerprint density at radius 2 is 1.04 bits per heavy atom. The van der Waals surface area contributed by atoms with E-state index in [1.165, 1.54) is 0 Å². The van der Waals surface area contributed by atoms with Crippen molar-refractivity contribution in [2.45, 2.75) is 123 Å². The number of esters is 1. The van der Waals surface area contributed by atoms with Crippen LogP contribution in [0.25, 0.3) is 0 Å². The third kappa shape index (κ3) is 37.6. The molecule has 0 saturated carbocycles. The number of aliphatic carboxylic acids is 1. The minimum atomic E-state index is -1.17. The summed E-state index contributed by atoms with van der Waals surface area (Å²) in [6.45, 7) is 17.5. The Kier molecular flexibility index (Phi) is 26.8. The molecule has 0 unspecified atom stereocenters. The highest BCUT2D eigenvalue weighted by Crippen LogP contribution is 2.13. The van der Waals surface area contributed by atoms with Crippen LogP contribution in [-0.4, -0.2) is 112 Å². The Morgan fingerprint density at radius 3 is 1.38 bits per heavy atom. The van der Waals surface area contributed by atoms with Crippen LogP contribution in [0.15, 0.2) is 0 Å². The zero-order chi connectivity index (χ0) is 35.6. The summed E-state index contributed by atoms with van der Waals surface area (Å²) in [6.07, 6.45) is 1.68. The van der Waals surface area contributed by atoms with Gasteiger partial charge in [0.15, 0.2) is 0 Å². The minimum absolute atomic E-state index is 0.00208. The summed E-state index contributed by atoms with van der Waals surface area (Å²) in [6, 6.07) is 0. The van der Waals surface area contributed by atoms with E-state index in [0.29, 0.717) is 12.6 Å². The van der Waals surface area contributed by atoms with E-state index in [1.54, 1.807) is 35.0 Å². The summed E-state index contributed by atoms with van der Waals surface area (Å²) in [5.74, 6) is -1.87. The number of carboxylic acid groups (broad SMARTS) is 1. The van der Waals surface area contributed by atoms with Gasteiger partial charge >= 0.3 is 11.9 Å². The number of amides is 1. The average Bonchev–Trinajstić information content (AvgIpc) is 2.90. The van der Waals surface area contributed by atoms with Crippen LogP contribution in [0.1, 0.15) is 101 Å². The molecule has 0 aromatic heterocycles. The molecule has 0 fully saturated rings. The minimum Gasteiger partial charge on any atom is -0.481 e. The molecule has 0 heterocycles. The normalized spacial score (nSPS) is 11.7. The highest BCUT2D eigenvalue weighted by molar-refractivity contribution is 5.77. The van der Waals surface area contributed by atoms with Gasteiger partial charge in [0.05, 0.1) is 57.3 Å². The molecule has 0 aliphatic carbocycles. The molecule has 13 nitrogen and oxygen atoms in total. The van der Waals surface area contributed by atoms with Gasteiger partial charge in [-0.1, -0.05) is 0 Å². The maximum Gasteiger partial charge on any atom is 0.308 e. The van der Waals surface area contributed by atoms with Gasteiger partial charge in [0.1, 0.15) is 23.7 Å². The van der Waals surface area contributed by atoms with Crippen LogP contribution < -0.4 is 5.32 Å². The van der Waals surface area contributed by atoms with Gasteiger partial charge < -0.3 is 48.4 Å². The fourth-order valence-electron chi connectivity index (χ4n) is 2.61. The summed E-state index contributed by atoms with van der Waals surface area (Å²) < 4.78 is 31.8. The van der Waals surface area contributed by atoms with Crippen molar-refractivity contribution in [3.8, 4) is 0 Å². The van der Waals surface area contributed by atoms with Gasteiger partial charge in [0.2, 0.25) is 5.91 Å². The number of nitrogens with one attached hydrogen (secondary N) is 1. The maximum atomic E-state index is 12.5. The maximum absolute atomic E-state index is 12.5. The molecule has 0 bridgehead atoms. The Bertz CT molecular complexity index is 780. The molecule has 0 rings (SSSR count). The Labute approximate surface area is 270 Å². The van der Waals surface area contributed by atoms with Gasteiger partial charge in [-0.3, -0.25) is 14.4 Å². The highest BCUT2D eigenvalue weighted by atomic mass is 16.6. The van der Waals surface area contributed by atoms with Crippen molar-refractivity contribution >= 4 is 30.4 Å². The second-order valence-electron chi connectivity index (χ2n) is 13.1. The van der Waals surface area contributed by atoms with E-state index in [2.05, 4.69) is 5.32 Å². The van der Waals surface area contributed by atoms with Crippen LogP contribution in [0.5, 0.6) is 0 Å². The fourth-order valence-corrected chi connectivity index (χ4v) is 2.61. The van der Waals surface area contributed by atoms with Crippen molar-refractivity contribution in [1.82, 2.24) is 5.32 Å². The third-order valence-electron chi connectivity index (χ3n) is 5.19. The summed E-state index contributed by atoms with van der Waals surface area (Å²) in [5.41, 5.74) is -1.70. The molecular formula is C32H61NO12. The van der Waals surface area contributed by atoms with Crippen molar-refractivity contribution in [3.63, 3.8) is 0 Å². The van der Waals surface area contributed by atoms with E-state index in [0.717, 1.165) is 0 Å². The van der Waals surface area contributed by atoms with E-state index in [-0.39, 0.29) is 89.4 Å². The van der Waals surface area contributed by atoms with Crippen LogP contribution in [-0.2, 0) is 52.4 Å². The van der Waals surface area contributed by atoms with Crippen LogP contribution >= 0.6 is 0 Å². The van der Waals surface area contributed by atoms with Crippen LogP contribution in [0.2, 0.25) is 0 Å². The molecule has 0 aliphatic heterocycles. The molecule has 0 atom stereocenters. The molecule has 0 aliphatic rings. The van der Waals surface area contributed by atoms with E-state index in [1.807, 2.05) is 41.5 Å². The van der Waals surface area contributed by atoms with Crippen molar-refractivity contribution in [2.24, 2.45) is 0 Å². The molecule has 2 N–H and O–H groups in total. The number of rotatable bonds is 20. The summed E-state index contributed by atoms with van der Waals surface area (Å²) in [7, 11) is 3.42. The first kappa shape index (κ1) is 47.0. The van der Waals surface area contributed by atoms with E-state index < -0.39 is 29.0 Å². The van der Waals surface area contributed by atoms with Crippen LogP contribution in [0.4, 0.5) is 0 Å². The summed E-state index contributed by atoms with van der Waals surface area (Å²) >= 11 is 0. The third-order valence-corrected chi connectivity index (χ3v) is 5.19. The van der Waals surface area contributed by atoms with Crippen LogP contribution in [0, 0.1) is 0 Å². The zero-order valence-corrected chi connectivity index (χ0v) is 29.6. The predicted molar refractivity (Wildman–Crippen MR) is 170 cm³/mol. The molecule has 1 amide bonds. The van der Waals surface area contributed by atoms with Gasteiger partial charge in [-0.15, -0.1) is 0 Å². The van der Waals surface area contributed by atoms with E-state index in [9.17, 15) is 24.0 Å². The van der Waals surface area contributed by atoms with E-state index in [4.69, 9.17) is 33.5 Å². The molecule has 0 aromatic rings. The quantitative estimate of drug-likeness (QED) is 0.111. The van der Waals surface area contributed by atoms with Crippen LogP contribution in [0.3, 0.4) is 0 Å². The fraction of sp³-hybridized carbons (Fsp3) is 0.844. The standard InChI is InChI=1S/C22H37NO10.2C5H12O/c1-21(2,3)33-20(29)9-14-32-17-22(15-30-12-5-10-24,16-31-13-6-11-25)23-18(26)7-4-8-19(27)28;2*1-5(2,3)6-4/h10-11H,4-9,12-17H2,1-3H3,(H,23,26)(H,27,28);2*1-4H3. The van der Waals surface area contributed by atoms with E-state index >= 15 is 0 Å². The molecule has 266 valence electrons. The summed E-state index contributed by atoms with van der Waals surface area (Å²) in [5, 5.41) is 11.5. The second-order valence-corrected chi connectivity index (χ2v) is 13.1. The van der Waals surface area contributed by atoms with Gasteiger partial charge in [0, 0.05) is 39.9 Å². The first-order chi connectivity index (χ1) is 20.7. The monoisotopic (exact) mass is 651 g/mol. The van der Waals surface area contributed by atoms with Gasteiger partial charge in [-0.2, -0.15) is 0 Å². The lowest BCUT2D eigenvalue weighted by atomic mass is 10.0. The van der Waals surface area contributed by atoms with Crippen molar-refractivity contribution in [2.75, 3.05) is 53.9 Å². The largest absolute Gasteiger partial charge is 0.481 e. The second kappa shape index (κ2) is 25.7. The Hall–Kier alpha value is -2.45. The predicted octanol–water partition coefficient (Wildman–Crippen LogP) is 3.92. The smallest absolute Gasteiger partial charge is 0.308 e. The van der Waals surface area contributed by atoms with Crippen molar-refractivity contribution < 1.29 is 57.5 Å². The molecule has 45 heavy (non-hydrogen) atoms. The Morgan fingerprint density at radius 1 is 0.644 bits per heavy atom. The van der Waals surface area contributed by atoms with Gasteiger partial charge in [-0.05, 0) is 68.7 Å². The summed E-state index contributed by atoms with van der Waals surface area (Å²) in [4.78, 5) is 56.2. The zero-order valence-electron chi connectivity index (χ0n) is 29.6.